The lowest BCUT2D eigenvalue weighted by atomic mass is 10.1. The molecule has 0 saturated heterocycles. The fourth-order valence-corrected chi connectivity index (χ4v) is 2.20. The van der Waals surface area contributed by atoms with Gasteiger partial charge in [-0.05, 0) is 39.5 Å². The van der Waals surface area contributed by atoms with Crippen molar-refractivity contribution in [3.63, 3.8) is 0 Å². The number of nitrogens with zero attached hydrogens (tertiary/aromatic N) is 2. The fraction of sp³-hybridized carbons (Fsp3) is 0.778. The third kappa shape index (κ3) is 12.7. The lowest BCUT2D eigenvalue weighted by molar-refractivity contribution is -0.143. The number of rotatable bonds is 13. The molecule has 0 unspecified atom stereocenters. The van der Waals surface area contributed by atoms with E-state index in [2.05, 4.69) is 35.8 Å². The molecule has 0 aliphatic heterocycles. The van der Waals surface area contributed by atoms with Crippen molar-refractivity contribution in [1.29, 1.82) is 0 Å². The van der Waals surface area contributed by atoms with Crippen molar-refractivity contribution in [2.45, 2.75) is 58.8 Å². The first kappa shape index (κ1) is 21.5. The molecule has 0 aromatic heterocycles. The Kier molecular flexibility index (Phi) is 14.4. The summed E-state index contributed by atoms with van der Waals surface area (Å²) in [5.74, 6) is 0.893. The number of carbonyl (C=O) groups excluding carboxylic acids is 1. The molecule has 134 valence electrons. The van der Waals surface area contributed by atoms with E-state index in [9.17, 15) is 4.79 Å². The molecule has 0 aliphatic rings. The first-order valence-corrected chi connectivity index (χ1v) is 8.91. The second-order valence-electron chi connectivity index (χ2n) is 5.56. The predicted octanol–water partition coefficient (Wildman–Crippen LogP) is 3.36. The van der Waals surface area contributed by atoms with Gasteiger partial charge in [0.1, 0.15) is 0 Å². The van der Waals surface area contributed by atoms with E-state index < -0.39 is 0 Å². The lowest BCUT2D eigenvalue weighted by Gasteiger charge is -2.21. The molecule has 0 rings (SSSR count). The highest BCUT2D eigenvalue weighted by molar-refractivity contribution is 5.79. The molecule has 0 bridgehead atoms. The lowest BCUT2D eigenvalue weighted by Crippen LogP contribution is -2.39. The average Bonchev–Trinajstić information content (AvgIpc) is 2.53. The van der Waals surface area contributed by atoms with Gasteiger partial charge in [-0.3, -0.25) is 9.79 Å². The molecule has 0 aromatic rings. The molecule has 0 fully saturated rings. The minimum absolute atomic E-state index is 0.0823. The largest absolute Gasteiger partial charge is 0.466 e. The van der Waals surface area contributed by atoms with E-state index in [4.69, 9.17) is 4.74 Å². The summed E-state index contributed by atoms with van der Waals surface area (Å²) in [6.45, 7) is 10.8. The van der Waals surface area contributed by atoms with Crippen molar-refractivity contribution in [1.82, 2.24) is 10.2 Å². The Morgan fingerprint density at radius 2 is 1.96 bits per heavy atom. The Morgan fingerprint density at radius 3 is 2.61 bits per heavy atom. The number of carbonyl (C=O) groups is 1. The van der Waals surface area contributed by atoms with Crippen molar-refractivity contribution in [3.8, 4) is 0 Å². The van der Waals surface area contributed by atoms with Crippen LogP contribution < -0.4 is 5.32 Å². The van der Waals surface area contributed by atoms with E-state index in [1.807, 2.05) is 13.0 Å². The first-order chi connectivity index (χ1) is 11.2. The standard InChI is InChI=1S/C18H35N3O2/c1-5-8-13-16-21(4)18(19-6-2)20-15-12-10-9-11-14-17(22)23-7-3/h5H,1,6-16H2,2-4H3,(H,19,20). The van der Waals surface area contributed by atoms with Gasteiger partial charge >= 0.3 is 5.97 Å². The van der Waals surface area contributed by atoms with Crippen molar-refractivity contribution in [2.75, 3.05) is 33.3 Å². The summed E-state index contributed by atoms with van der Waals surface area (Å²) in [6.07, 6.45) is 8.73. The van der Waals surface area contributed by atoms with E-state index in [0.717, 1.165) is 64.1 Å². The molecular weight excluding hydrogens is 290 g/mol. The van der Waals surface area contributed by atoms with Crippen LogP contribution in [0.2, 0.25) is 0 Å². The molecule has 23 heavy (non-hydrogen) atoms. The Morgan fingerprint density at radius 1 is 1.22 bits per heavy atom. The second-order valence-corrected chi connectivity index (χ2v) is 5.56. The molecule has 0 aromatic carbocycles. The zero-order valence-corrected chi connectivity index (χ0v) is 15.3. The highest BCUT2D eigenvalue weighted by atomic mass is 16.5. The number of nitrogens with one attached hydrogen (secondary N) is 1. The number of guanidine groups is 1. The van der Waals surface area contributed by atoms with Crippen molar-refractivity contribution >= 4 is 11.9 Å². The van der Waals surface area contributed by atoms with Gasteiger partial charge in [-0.15, -0.1) is 6.58 Å². The van der Waals surface area contributed by atoms with E-state index >= 15 is 0 Å². The molecule has 0 amide bonds. The van der Waals surface area contributed by atoms with E-state index in [1.54, 1.807) is 0 Å². The van der Waals surface area contributed by atoms with Crippen LogP contribution in [0, 0.1) is 0 Å². The number of esters is 1. The molecule has 0 aliphatic carbocycles. The molecule has 0 atom stereocenters. The summed E-state index contributed by atoms with van der Waals surface area (Å²) >= 11 is 0. The van der Waals surface area contributed by atoms with Crippen LogP contribution in [0.25, 0.3) is 0 Å². The van der Waals surface area contributed by atoms with Crippen LogP contribution in [0.15, 0.2) is 17.6 Å². The normalized spacial score (nSPS) is 11.2. The topological polar surface area (TPSA) is 53.9 Å². The maximum atomic E-state index is 11.2. The van der Waals surface area contributed by atoms with Crippen LogP contribution in [0.4, 0.5) is 0 Å². The minimum Gasteiger partial charge on any atom is -0.466 e. The zero-order chi connectivity index (χ0) is 17.3. The van der Waals surface area contributed by atoms with Gasteiger partial charge in [0.05, 0.1) is 6.61 Å². The van der Waals surface area contributed by atoms with Gasteiger partial charge in [-0.2, -0.15) is 0 Å². The molecule has 5 heteroatoms. The van der Waals surface area contributed by atoms with Gasteiger partial charge in [-0.1, -0.05) is 18.9 Å². The van der Waals surface area contributed by atoms with E-state index in [1.165, 1.54) is 0 Å². The Labute approximate surface area is 142 Å². The van der Waals surface area contributed by atoms with Gasteiger partial charge in [0.2, 0.25) is 0 Å². The van der Waals surface area contributed by atoms with Crippen LogP contribution in [-0.4, -0.2) is 50.1 Å². The second kappa shape index (κ2) is 15.4. The molecule has 0 heterocycles. The fourth-order valence-electron chi connectivity index (χ4n) is 2.20. The number of ether oxygens (including phenoxy) is 1. The quantitative estimate of drug-likeness (QED) is 0.185. The molecule has 0 spiro atoms. The van der Waals surface area contributed by atoms with Crippen LogP contribution in [0.3, 0.4) is 0 Å². The summed E-state index contributed by atoms with van der Waals surface area (Å²) in [4.78, 5) is 18.1. The number of aliphatic imine (C=N–C) groups is 1. The van der Waals surface area contributed by atoms with Crippen molar-refractivity contribution in [2.24, 2.45) is 4.99 Å². The van der Waals surface area contributed by atoms with Crippen LogP contribution in [-0.2, 0) is 9.53 Å². The van der Waals surface area contributed by atoms with Crippen LogP contribution in [0.5, 0.6) is 0 Å². The average molecular weight is 325 g/mol. The maximum Gasteiger partial charge on any atom is 0.305 e. The minimum atomic E-state index is -0.0823. The van der Waals surface area contributed by atoms with E-state index in [-0.39, 0.29) is 5.97 Å². The zero-order valence-electron chi connectivity index (χ0n) is 15.3. The number of unbranched alkanes of at least 4 members (excludes halogenated alkanes) is 4. The number of hydrogen-bond acceptors (Lipinski definition) is 3. The van der Waals surface area contributed by atoms with Crippen molar-refractivity contribution in [3.05, 3.63) is 12.7 Å². The molecule has 1 N–H and O–H groups in total. The summed E-state index contributed by atoms with van der Waals surface area (Å²) < 4.78 is 4.91. The highest BCUT2D eigenvalue weighted by Gasteiger charge is 2.04. The van der Waals surface area contributed by atoms with Crippen LogP contribution >= 0.6 is 0 Å². The molecule has 0 saturated carbocycles. The highest BCUT2D eigenvalue weighted by Crippen LogP contribution is 2.04. The summed E-state index contributed by atoms with van der Waals surface area (Å²) in [5.41, 5.74) is 0. The summed E-state index contributed by atoms with van der Waals surface area (Å²) in [5, 5.41) is 3.33. The Balaban J connectivity index is 3.88. The number of hydrogen-bond donors (Lipinski definition) is 1. The van der Waals surface area contributed by atoms with Gasteiger partial charge in [0.15, 0.2) is 5.96 Å². The smallest absolute Gasteiger partial charge is 0.305 e. The predicted molar refractivity (Wildman–Crippen MR) is 97.8 cm³/mol. The Bertz CT molecular complexity index is 343. The van der Waals surface area contributed by atoms with E-state index in [0.29, 0.717) is 13.0 Å². The molecular formula is C18H35N3O2. The van der Waals surface area contributed by atoms with Gasteiger partial charge in [-0.25, -0.2) is 0 Å². The van der Waals surface area contributed by atoms with Gasteiger partial charge < -0.3 is 15.0 Å². The first-order valence-electron chi connectivity index (χ1n) is 8.91. The Hall–Kier alpha value is -1.52. The molecule has 5 nitrogen and oxygen atoms in total. The van der Waals surface area contributed by atoms with Crippen LogP contribution in [0.1, 0.15) is 58.8 Å². The molecule has 0 radical (unpaired) electrons. The van der Waals surface area contributed by atoms with Gasteiger partial charge in [0, 0.05) is 33.1 Å². The third-order valence-electron chi connectivity index (χ3n) is 3.45. The summed E-state index contributed by atoms with van der Waals surface area (Å²) in [6, 6.07) is 0. The SMILES string of the molecule is C=CCCCN(C)C(=NCCCCCCC(=O)OCC)NCC. The van der Waals surface area contributed by atoms with Crippen molar-refractivity contribution < 1.29 is 9.53 Å². The summed E-state index contributed by atoms with van der Waals surface area (Å²) in [7, 11) is 2.07. The van der Waals surface area contributed by atoms with Gasteiger partial charge in [0.25, 0.3) is 0 Å². The number of allylic oxidation sites excluding steroid dienone is 1. The monoisotopic (exact) mass is 325 g/mol. The third-order valence-corrected chi connectivity index (χ3v) is 3.45. The maximum absolute atomic E-state index is 11.2.